The molecule has 0 saturated carbocycles. The maximum Gasteiger partial charge on any atom is 0.103 e. The van der Waals surface area contributed by atoms with Crippen molar-refractivity contribution in [3.63, 3.8) is 0 Å². The summed E-state index contributed by atoms with van der Waals surface area (Å²) in [6, 6.07) is 8.46. The molecule has 0 spiro atoms. The van der Waals surface area contributed by atoms with Crippen molar-refractivity contribution in [2.24, 2.45) is 0 Å². The van der Waals surface area contributed by atoms with E-state index in [1.165, 1.54) is 22.7 Å². The summed E-state index contributed by atoms with van der Waals surface area (Å²) >= 11 is 3.73. The van der Waals surface area contributed by atoms with Gasteiger partial charge in [0.05, 0.1) is 12.2 Å². The summed E-state index contributed by atoms with van der Waals surface area (Å²) in [4.78, 5) is 4.65. The second kappa shape index (κ2) is 7.56. The molecule has 102 valence electrons. The Morgan fingerprint density at radius 1 is 1.26 bits per heavy atom. The van der Waals surface area contributed by atoms with E-state index >= 15 is 0 Å². The normalized spacial score (nSPS) is 10.6. The zero-order valence-electron chi connectivity index (χ0n) is 11.5. The van der Waals surface area contributed by atoms with Gasteiger partial charge in [-0.1, -0.05) is 24.6 Å². The highest BCUT2D eigenvalue weighted by Gasteiger charge is 2.02. The van der Waals surface area contributed by atoms with Crippen LogP contribution in [0, 0.1) is 6.92 Å². The molecule has 1 aromatic carbocycles. The smallest absolute Gasteiger partial charge is 0.103 e. The molecule has 1 heterocycles. The molecular weight excluding hydrogens is 272 g/mol. The van der Waals surface area contributed by atoms with Crippen molar-refractivity contribution in [3.8, 4) is 0 Å². The molecular formula is C15H20N2S2. The number of benzene rings is 1. The second-order valence-corrected chi connectivity index (χ2v) is 6.55. The molecule has 1 aromatic heterocycles. The number of aromatic nitrogens is 1. The van der Waals surface area contributed by atoms with Gasteiger partial charge in [0.2, 0.25) is 0 Å². The Balaban J connectivity index is 1.81. The fourth-order valence-electron chi connectivity index (χ4n) is 1.66. The van der Waals surface area contributed by atoms with E-state index in [-0.39, 0.29) is 0 Å². The summed E-state index contributed by atoms with van der Waals surface area (Å²) in [5.74, 6) is 2.26. The van der Waals surface area contributed by atoms with Crippen molar-refractivity contribution in [3.05, 3.63) is 45.9 Å². The molecule has 0 atom stereocenters. The first-order valence-corrected chi connectivity index (χ1v) is 8.63. The summed E-state index contributed by atoms with van der Waals surface area (Å²) in [6.07, 6.45) is 1.23. The summed E-state index contributed by atoms with van der Waals surface area (Å²) in [7, 11) is 0. The van der Waals surface area contributed by atoms with Gasteiger partial charge in [0, 0.05) is 16.8 Å². The van der Waals surface area contributed by atoms with Crippen molar-refractivity contribution < 1.29 is 0 Å². The molecule has 2 nitrogen and oxygen atoms in total. The molecule has 2 aromatic rings. The maximum atomic E-state index is 4.65. The van der Waals surface area contributed by atoms with Crippen molar-refractivity contribution in [2.75, 3.05) is 11.1 Å². The van der Waals surface area contributed by atoms with Gasteiger partial charge in [-0.3, -0.25) is 0 Å². The number of hydrogen-bond acceptors (Lipinski definition) is 4. The molecule has 0 aliphatic carbocycles. The summed E-state index contributed by atoms with van der Waals surface area (Å²) < 4.78 is 0. The minimum Gasteiger partial charge on any atom is -0.379 e. The fraction of sp³-hybridized carbons (Fsp3) is 0.400. The van der Waals surface area contributed by atoms with Crippen LogP contribution in [0.15, 0.2) is 29.6 Å². The van der Waals surface area contributed by atoms with Gasteiger partial charge in [-0.25, -0.2) is 4.98 Å². The molecule has 0 fully saturated rings. The number of rotatable bonds is 7. The highest BCUT2D eigenvalue weighted by Crippen LogP contribution is 2.18. The van der Waals surface area contributed by atoms with Crippen LogP contribution in [-0.4, -0.2) is 10.7 Å². The van der Waals surface area contributed by atoms with Crippen molar-refractivity contribution in [1.82, 2.24) is 4.98 Å². The standard InChI is InChI=1S/C15H20N2S2/c1-3-8-18-11-15-17-14(10-19-15)9-16-13-6-4-12(2)5-7-13/h4-7,10,16H,3,8-9,11H2,1-2H3. The minimum atomic E-state index is 0.804. The lowest BCUT2D eigenvalue weighted by atomic mass is 10.2. The molecule has 0 radical (unpaired) electrons. The first-order valence-electron chi connectivity index (χ1n) is 6.59. The first-order chi connectivity index (χ1) is 9.28. The number of hydrogen-bond donors (Lipinski definition) is 1. The molecule has 0 aliphatic rings. The molecule has 0 unspecified atom stereocenters. The Kier molecular flexibility index (Phi) is 5.73. The van der Waals surface area contributed by atoms with Crippen molar-refractivity contribution in [1.29, 1.82) is 0 Å². The van der Waals surface area contributed by atoms with E-state index in [0.717, 1.165) is 23.7 Å². The van der Waals surface area contributed by atoms with Gasteiger partial charge in [-0.05, 0) is 31.2 Å². The van der Waals surface area contributed by atoms with Gasteiger partial charge < -0.3 is 5.32 Å². The first kappa shape index (κ1) is 14.4. The lowest BCUT2D eigenvalue weighted by molar-refractivity contribution is 1.05. The largest absolute Gasteiger partial charge is 0.379 e. The average Bonchev–Trinajstić information content (AvgIpc) is 2.86. The van der Waals surface area contributed by atoms with Gasteiger partial charge in [-0.15, -0.1) is 11.3 Å². The molecule has 19 heavy (non-hydrogen) atoms. The number of nitrogens with one attached hydrogen (secondary N) is 1. The maximum absolute atomic E-state index is 4.65. The lowest BCUT2D eigenvalue weighted by Gasteiger charge is -2.04. The number of thioether (sulfide) groups is 1. The van der Waals surface area contributed by atoms with E-state index in [1.54, 1.807) is 11.3 Å². The number of anilines is 1. The molecule has 4 heteroatoms. The minimum absolute atomic E-state index is 0.804. The van der Waals surface area contributed by atoms with E-state index < -0.39 is 0 Å². The number of thiazole rings is 1. The molecule has 0 aliphatic heterocycles. The zero-order valence-corrected chi connectivity index (χ0v) is 13.1. The quantitative estimate of drug-likeness (QED) is 0.748. The van der Waals surface area contributed by atoms with Crippen LogP contribution in [0.3, 0.4) is 0 Å². The third-order valence-corrected chi connectivity index (χ3v) is 4.95. The van der Waals surface area contributed by atoms with Crippen molar-refractivity contribution >= 4 is 28.8 Å². The average molecular weight is 292 g/mol. The monoisotopic (exact) mass is 292 g/mol. The number of nitrogens with zero attached hydrogens (tertiary/aromatic N) is 1. The van der Waals surface area contributed by atoms with Gasteiger partial charge in [0.15, 0.2) is 0 Å². The van der Waals surface area contributed by atoms with Crippen LogP contribution < -0.4 is 5.32 Å². The van der Waals surface area contributed by atoms with E-state index in [1.807, 2.05) is 11.8 Å². The van der Waals surface area contributed by atoms with Crippen LogP contribution in [0.2, 0.25) is 0 Å². The molecule has 0 bridgehead atoms. The van der Waals surface area contributed by atoms with Crippen LogP contribution in [0.5, 0.6) is 0 Å². The predicted octanol–water partition coefficient (Wildman–Crippen LogP) is 4.71. The Bertz CT molecular complexity index is 491. The predicted molar refractivity (Wildman–Crippen MR) is 87.1 cm³/mol. The van der Waals surface area contributed by atoms with Gasteiger partial charge in [-0.2, -0.15) is 11.8 Å². The van der Waals surface area contributed by atoms with Crippen molar-refractivity contribution in [2.45, 2.75) is 32.6 Å². The van der Waals surface area contributed by atoms with Gasteiger partial charge >= 0.3 is 0 Å². The van der Waals surface area contributed by atoms with Crippen LogP contribution >= 0.6 is 23.1 Å². The lowest BCUT2D eigenvalue weighted by Crippen LogP contribution is -1.99. The fourth-order valence-corrected chi connectivity index (χ4v) is 3.44. The van der Waals surface area contributed by atoms with Gasteiger partial charge in [0.1, 0.15) is 5.01 Å². The Morgan fingerprint density at radius 2 is 2.05 bits per heavy atom. The number of aryl methyl sites for hydroxylation is 1. The molecule has 1 N–H and O–H groups in total. The molecule has 0 amide bonds. The van der Waals surface area contributed by atoms with Crippen LogP contribution in [-0.2, 0) is 12.3 Å². The zero-order chi connectivity index (χ0) is 13.5. The topological polar surface area (TPSA) is 24.9 Å². The Hall–Kier alpha value is -1.00. The van der Waals surface area contributed by atoms with E-state index in [0.29, 0.717) is 0 Å². The Labute approximate surface area is 123 Å². The SMILES string of the molecule is CCCSCc1nc(CNc2ccc(C)cc2)cs1. The second-order valence-electron chi connectivity index (χ2n) is 4.50. The van der Waals surface area contributed by atoms with E-state index in [4.69, 9.17) is 0 Å². The van der Waals surface area contributed by atoms with Crippen LogP contribution in [0.25, 0.3) is 0 Å². The van der Waals surface area contributed by atoms with Crippen LogP contribution in [0.1, 0.15) is 29.6 Å². The summed E-state index contributed by atoms with van der Waals surface area (Å²) in [6.45, 7) is 5.12. The Morgan fingerprint density at radius 3 is 2.79 bits per heavy atom. The molecule has 0 saturated heterocycles. The van der Waals surface area contributed by atoms with Crippen LogP contribution in [0.4, 0.5) is 5.69 Å². The summed E-state index contributed by atoms with van der Waals surface area (Å²) in [5.41, 5.74) is 3.58. The van der Waals surface area contributed by atoms with Gasteiger partial charge in [0.25, 0.3) is 0 Å². The van der Waals surface area contributed by atoms with E-state index in [9.17, 15) is 0 Å². The highest BCUT2D eigenvalue weighted by atomic mass is 32.2. The van der Waals surface area contributed by atoms with E-state index in [2.05, 4.69) is 53.8 Å². The molecule has 2 rings (SSSR count). The third-order valence-electron chi connectivity index (χ3n) is 2.70. The third kappa shape index (κ3) is 4.88. The highest BCUT2D eigenvalue weighted by molar-refractivity contribution is 7.98. The summed E-state index contributed by atoms with van der Waals surface area (Å²) in [5, 5.41) is 6.80.